The largest absolute Gasteiger partial charge is 0.507 e. The standard InChI is InChI=1S/C20H25N3O/c1-3-16-7-6-10-23(14-15(2)11-16)17-12-19(22-21-13-17)18-8-4-5-9-20(18)24/h4-9,12-13,15-16,24H,3,10-11,14H2,1-2H3/b7-6-. The van der Waals surface area contributed by atoms with E-state index in [4.69, 9.17) is 0 Å². The number of hydrogen-bond donors (Lipinski definition) is 1. The van der Waals surface area contributed by atoms with E-state index in [0.29, 0.717) is 23.1 Å². The predicted molar refractivity (Wildman–Crippen MR) is 98.0 cm³/mol. The molecule has 2 aromatic rings. The highest BCUT2D eigenvalue weighted by atomic mass is 16.3. The Morgan fingerprint density at radius 3 is 2.92 bits per heavy atom. The van der Waals surface area contributed by atoms with Crippen LogP contribution in [0, 0.1) is 11.8 Å². The first kappa shape index (κ1) is 16.5. The van der Waals surface area contributed by atoms with Crippen LogP contribution in [0.15, 0.2) is 48.7 Å². The smallest absolute Gasteiger partial charge is 0.125 e. The van der Waals surface area contributed by atoms with Crippen LogP contribution in [-0.4, -0.2) is 28.4 Å². The van der Waals surface area contributed by atoms with Crippen LogP contribution in [0.3, 0.4) is 0 Å². The van der Waals surface area contributed by atoms with Crippen LogP contribution >= 0.6 is 0 Å². The van der Waals surface area contributed by atoms with Gasteiger partial charge in [0.1, 0.15) is 5.75 Å². The summed E-state index contributed by atoms with van der Waals surface area (Å²) in [6, 6.07) is 9.27. The molecule has 24 heavy (non-hydrogen) atoms. The van der Waals surface area contributed by atoms with Gasteiger partial charge in [0.05, 0.1) is 17.6 Å². The van der Waals surface area contributed by atoms with Crippen molar-refractivity contribution in [2.75, 3.05) is 18.0 Å². The lowest BCUT2D eigenvalue weighted by Gasteiger charge is -2.30. The van der Waals surface area contributed by atoms with Crippen LogP contribution in [0.2, 0.25) is 0 Å². The van der Waals surface area contributed by atoms with Crippen molar-refractivity contribution < 1.29 is 5.11 Å². The fraction of sp³-hybridized carbons (Fsp3) is 0.400. The molecule has 0 aliphatic carbocycles. The van der Waals surface area contributed by atoms with Gasteiger partial charge in [-0.05, 0) is 42.9 Å². The second-order valence-corrected chi connectivity index (χ2v) is 6.66. The zero-order chi connectivity index (χ0) is 16.9. The van der Waals surface area contributed by atoms with Gasteiger partial charge in [0.15, 0.2) is 0 Å². The normalized spacial score (nSPS) is 22.7. The third-order valence-electron chi connectivity index (χ3n) is 4.68. The van der Waals surface area contributed by atoms with Crippen LogP contribution < -0.4 is 4.90 Å². The molecule has 3 rings (SSSR count). The number of phenolic OH excluding ortho intramolecular Hbond substituents is 1. The van der Waals surface area contributed by atoms with E-state index in [-0.39, 0.29) is 5.75 Å². The van der Waals surface area contributed by atoms with E-state index in [1.165, 1.54) is 12.8 Å². The molecule has 1 aromatic heterocycles. The number of rotatable bonds is 3. The molecule has 1 aliphatic heterocycles. The molecule has 0 saturated heterocycles. The van der Waals surface area contributed by atoms with Crippen molar-refractivity contribution in [2.45, 2.75) is 26.7 Å². The molecule has 126 valence electrons. The first-order valence-corrected chi connectivity index (χ1v) is 8.70. The summed E-state index contributed by atoms with van der Waals surface area (Å²) in [6.45, 7) is 6.46. The van der Waals surface area contributed by atoms with Gasteiger partial charge in [-0.3, -0.25) is 0 Å². The fourth-order valence-electron chi connectivity index (χ4n) is 3.37. The zero-order valence-corrected chi connectivity index (χ0v) is 14.4. The van der Waals surface area contributed by atoms with Crippen LogP contribution in [0.1, 0.15) is 26.7 Å². The lowest BCUT2D eigenvalue weighted by Crippen LogP contribution is -2.31. The Hall–Kier alpha value is -2.36. The van der Waals surface area contributed by atoms with Crippen LogP contribution in [0.4, 0.5) is 5.69 Å². The van der Waals surface area contributed by atoms with Crippen molar-refractivity contribution >= 4 is 5.69 Å². The quantitative estimate of drug-likeness (QED) is 0.857. The summed E-state index contributed by atoms with van der Waals surface area (Å²) in [6.07, 6.45) is 8.84. The summed E-state index contributed by atoms with van der Waals surface area (Å²) in [5.41, 5.74) is 2.47. The van der Waals surface area contributed by atoms with Gasteiger partial charge in [0.2, 0.25) is 0 Å². The third-order valence-corrected chi connectivity index (χ3v) is 4.68. The lowest BCUT2D eigenvalue weighted by molar-refractivity contribution is 0.429. The van der Waals surface area contributed by atoms with Crippen molar-refractivity contribution in [2.24, 2.45) is 11.8 Å². The number of anilines is 1. The summed E-state index contributed by atoms with van der Waals surface area (Å²) in [4.78, 5) is 2.34. The molecule has 2 heterocycles. The van der Waals surface area contributed by atoms with Gasteiger partial charge in [-0.15, -0.1) is 0 Å². The Balaban J connectivity index is 1.87. The molecule has 4 nitrogen and oxygen atoms in total. The van der Waals surface area contributed by atoms with Crippen molar-refractivity contribution in [3.8, 4) is 17.0 Å². The van der Waals surface area contributed by atoms with E-state index >= 15 is 0 Å². The second kappa shape index (κ2) is 7.47. The third kappa shape index (κ3) is 3.75. The van der Waals surface area contributed by atoms with Gasteiger partial charge in [-0.2, -0.15) is 10.2 Å². The predicted octanol–water partition coefficient (Wildman–Crippen LogP) is 4.28. The average molecular weight is 323 g/mol. The van der Waals surface area contributed by atoms with Gasteiger partial charge in [-0.1, -0.05) is 38.1 Å². The summed E-state index contributed by atoms with van der Waals surface area (Å²) in [5.74, 6) is 1.55. The van der Waals surface area contributed by atoms with Crippen LogP contribution in [0.25, 0.3) is 11.3 Å². The summed E-state index contributed by atoms with van der Waals surface area (Å²) in [7, 11) is 0. The highest BCUT2D eigenvalue weighted by molar-refractivity contribution is 5.69. The maximum absolute atomic E-state index is 10.1. The Morgan fingerprint density at radius 2 is 2.12 bits per heavy atom. The Kier molecular flexibility index (Phi) is 5.14. The minimum Gasteiger partial charge on any atom is -0.507 e. The molecular formula is C20H25N3O. The minimum absolute atomic E-state index is 0.232. The Morgan fingerprint density at radius 1 is 1.29 bits per heavy atom. The molecule has 0 fully saturated rings. The van der Waals surface area contributed by atoms with E-state index in [9.17, 15) is 5.11 Å². The highest BCUT2D eigenvalue weighted by Gasteiger charge is 2.17. The molecule has 2 atom stereocenters. The minimum atomic E-state index is 0.232. The Bertz CT molecular complexity index is 714. The molecule has 1 N–H and O–H groups in total. The number of hydrogen-bond acceptors (Lipinski definition) is 4. The second-order valence-electron chi connectivity index (χ2n) is 6.66. The van der Waals surface area contributed by atoms with E-state index in [1.54, 1.807) is 6.07 Å². The molecule has 4 heteroatoms. The fourth-order valence-corrected chi connectivity index (χ4v) is 3.37. The molecule has 1 aromatic carbocycles. The van der Waals surface area contributed by atoms with E-state index in [2.05, 4.69) is 41.1 Å². The van der Waals surface area contributed by atoms with Gasteiger partial charge in [-0.25, -0.2) is 0 Å². The van der Waals surface area contributed by atoms with Crippen molar-refractivity contribution in [1.29, 1.82) is 0 Å². The number of para-hydroxylation sites is 1. The number of allylic oxidation sites excluding steroid dienone is 1. The zero-order valence-electron chi connectivity index (χ0n) is 14.4. The average Bonchev–Trinajstić information content (AvgIpc) is 2.58. The van der Waals surface area contributed by atoms with Crippen LogP contribution in [0.5, 0.6) is 5.75 Å². The molecule has 0 radical (unpaired) electrons. The highest BCUT2D eigenvalue weighted by Crippen LogP contribution is 2.30. The number of aromatic nitrogens is 2. The molecule has 2 unspecified atom stereocenters. The monoisotopic (exact) mass is 323 g/mol. The molecule has 0 saturated carbocycles. The van der Waals surface area contributed by atoms with E-state index in [1.807, 2.05) is 30.5 Å². The maximum Gasteiger partial charge on any atom is 0.125 e. The maximum atomic E-state index is 10.1. The molecule has 0 spiro atoms. The van der Waals surface area contributed by atoms with Gasteiger partial charge >= 0.3 is 0 Å². The van der Waals surface area contributed by atoms with Gasteiger partial charge < -0.3 is 10.0 Å². The first-order valence-electron chi connectivity index (χ1n) is 8.70. The molecule has 0 amide bonds. The number of aromatic hydroxyl groups is 1. The SMILES string of the molecule is CCC1/C=C\CN(c2cnnc(-c3ccccc3O)c2)CC(C)C1. The lowest BCUT2D eigenvalue weighted by atomic mass is 9.91. The number of nitrogens with zero attached hydrogens (tertiary/aromatic N) is 3. The van der Waals surface area contributed by atoms with E-state index < -0.39 is 0 Å². The molecule has 1 aliphatic rings. The van der Waals surface area contributed by atoms with Gasteiger partial charge in [0.25, 0.3) is 0 Å². The topological polar surface area (TPSA) is 49.2 Å². The summed E-state index contributed by atoms with van der Waals surface area (Å²) >= 11 is 0. The van der Waals surface area contributed by atoms with Crippen molar-refractivity contribution in [3.05, 3.63) is 48.7 Å². The summed E-state index contributed by atoms with van der Waals surface area (Å²) < 4.78 is 0. The summed E-state index contributed by atoms with van der Waals surface area (Å²) in [5, 5.41) is 18.4. The number of phenols is 1. The molecular weight excluding hydrogens is 298 g/mol. The van der Waals surface area contributed by atoms with Crippen LogP contribution in [-0.2, 0) is 0 Å². The van der Waals surface area contributed by atoms with Crippen molar-refractivity contribution in [1.82, 2.24) is 10.2 Å². The molecule has 0 bridgehead atoms. The van der Waals surface area contributed by atoms with Gasteiger partial charge in [0, 0.05) is 18.7 Å². The van der Waals surface area contributed by atoms with E-state index in [0.717, 1.165) is 18.8 Å². The Labute approximate surface area is 143 Å². The number of benzene rings is 1. The first-order chi connectivity index (χ1) is 11.7. The van der Waals surface area contributed by atoms with Crippen molar-refractivity contribution in [3.63, 3.8) is 0 Å².